The number of rotatable bonds is 10. The largest absolute Gasteiger partial charge is 0.383 e. The van der Waals surface area contributed by atoms with Gasteiger partial charge in [0, 0.05) is 50.7 Å². The summed E-state index contributed by atoms with van der Waals surface area (Å²) in [5.74, 6) is 0.490. The highest BCUT2D eigenvalue weighted by molar-refractivity contribution is 6.14. The number of hydrogen-bond acceptors (Lipinski definition) is 5. The summed E-state index contributed by atoms with van der Waals surface area (Å²) in [5.41, 5.74) is 13.5. The summed E-state index contributed by atoms with van der Waals surface area (Å²) in [6.07, 6.45) is 13.8. The first-order chi connectivity index (χ1) is 17.4. The molecule has 1 saturated carbocycles. The van der Waals surface area contributed by atoms with E-state index >= 15 is 0 Å². The second-order valence-electron chi connectivity index (χ2n) is 9.84. The van der Waals surface area contributed by atoms with E-state index in [-0.39, 0.29) is 0 Å². The van der Waals surface area contributed by atoms with Crippen molar-refractivity contribution in [3.05, 3.63) is 78.1 Å². The van der Waals surface area contributed by atoms with Crippen LogP contribution < -0.4 is 5.73 Å². The summed E-state index contributed by atoms with van der Waals surface area (Å²) in [7, 11) is 5.80. The molecule has 36 heavy (non-hydrogen) atoms. The third-order valence-electron chi connectivity index (χ3n) is 6.68. The second-order valence-corrected chi connectivity index (χ2v) is 9.84. The number of pyridine rings is 1. The molecular weight excluding hydrogens is 442 g/mol. The Kier molecular flexibility index (Phi) is 9.95. The van der Waals surface area contributed by atoms with E-state index in [2.05, 4.69) is 67.2 Å². The van der Waals surface area contributed by atoms with Crippen molar-refractivity contribution in [2.75, 3.05) is 21.1 Å². The van der Waals surface area contributed by atoms with Gasteiger partial charge in [0.1, 0.15) is 0 Å². The first kappa shape index (κ1) is 27.3. The number of allylic oxidation sites excluding steroid dienone is 4. The average molecular weight is 484 g/mol. The number of nitrogens with zero attached hydrogens (tertiary/aromatic N) is 3. The maximum absolute atomic E-state index is 9.10. The lowest BCUT2D eigenvalue weighted by molar-refractivity contribution is 0.334. The fourth-order valence-corrected chi connectivity index (χ4v) is 4.83. The van der Waals surface area contributed by atoms with Crippen molar-refractivity contribution >= 4 is 23.1 Å². The fourth-order valence-electron chi connectivity index (χ4n) is 4.83. The minimum Gasteiger partial charge on any atom is -0.383 e. The number of nitrogens with two attached hydrogens (primary N) is 1. The van der Waals surface area contributed by atoms with Crippen LogP contribution in [0, 0.1) is 11.3 Å². The number of aliphatic imine (C=N–C) groups is 1. The van der Waals surface area contributed by atoms with Crippen LogP contribution in [0.15, 0.2) is 66.3 Å². The molecule has 3 rings (SSSR count). The molecule has 0 bridgehead atoms. The summed E-state index contributed by atoms with van der Waals surface area (Å²) in [5, 5.41) is 9.10. The molecule has 3 N–H and O–H groups in total. The molecule has 0 unspecified atom stereocenters. The van der Waals surface area contributed by atoms with Crippen molar-refractivity contribution in [3.63, 3.8) is 0 Å². The van der Waals surface area contributed by atoms with Gasteiger partial charge in [0.05, 0.1) is 17.1 Å². The van der Waals surface area contributed by atoms with Crippen LogP contribution in [0.1, 0.15) is 62.3 Å². The van der Waals surface area contributed by atoms with Crippen molar-refractivity contribution < 1.29 is 0 Å². The molecule has 0 spiro atoms. The molecule has 5 nitrogen and oxygen atoms in total. The molecule has 1 aromatic heterocycles. The molecule has 1 aliphatic rings. The molecule has 0 atom stereocenters. The summed E-state index contributed by atoms with van der Waals surface area (Å²) < 4.78 is 0. The Hall–Kier alpha value is -3.31. The first-order valence-electron chi connectivity index (χ1n) is 12.9. The van der Waals surface area contributed by atoms with Gasteiger partial charge in [-0.1, -0.05) is 43.9 Å². The second kappa shape index (κ2) is 13.1. The van der Waals surface area contributed by atoms with Crippen molar-refractivity contribution in [2.24, 2.45) is 16.6 Å². The predicted octanol–water partition coefficient (Wildman–Crippen LogP) is 6.61. The molecular formula is C31H41N5. The number of aromatic nitrogens is 1. The van der Waals surface area contributed by atoms with Crippen molar-refractivity contribution in [3.8, 4) is 11.3 Å². The molecule has 0 radical (unpaired) electrons. The van der Waals surface area contributed by atoms with Crippen LogP contribution in [0.2, 0.25) is 0 Å². The van der Waals surface area contributed by atoms with Crippen LogP contribution in [0.4, 0.5) is 0 Å². The predicted molar refractivity (Wildman–Crippen MR) is 156 cm³/mol. The zero-order valence-electron chi connectivity index (χ0n) is 22.3. The van der Waals surface area contributed by atoms with E-state index in [0.29, 0.717) is 17.7 Å². The lowest BCUT2D eigenvalue weighted by Gasteiger charge is -2.26. The van der Waals surface area contributed by atoms with Gasteiger partial charge < -0.3 is 16.0 Å². The molecule has 0 saturated heterocycles. The molecule has 5 heteroatoms. The van der Waals surface area contributed by atoms with Crippen LogP contribution in [0.5, 0.6) is 0 Å². The van der Waals surface area contributed by atoms with Gasteiger partial charge in [-0.15, -0.1) is 0 Å². The summed E-state index contributed by atoms with van der Waals surface area (Å²) in [6, 6.07) is 12.8. The van der Waals surface area contributed by atoms with E-state index < -0.39 is 0 Å². The lowest BCUT2D eigenvalue weighted by Crippen LogP contribution is -2.27. The number of hydrogen-bond donors (Lipinski definition) is 2. The topological polar surface area (TPSA) is 78.4 Å². The van der Waals surface area contributed by atoms with Crippen molar-refractivity contribution in [1.29, 1.82) is 5.41 Å². The Labute approximate surface area is 217 Å². The average Bonchev–Trinajstić information content (AvgIpc) is 2.88. The van der Waals surface area contributed by atoms with Crippen LogP contribution in [0.3, 0.4) is 0 Å². The van der Waals surface area contributed by atoms with Gasteiger partial charge in [0.25, 0.3) is 0 Å². The highest BCUT2D eigenvalue weighted by Crippen LogP contribution is 2.30. The Morgan fingerprint density at radius 3 is 2.56 bits per heavy atom. The van der Waals surface area contributed by atoms with E-state index in [1.165, 1.54) is 0 Å². The van der Waals surface area contributed by atoms with Crippen LogP contribution in [-0.4, -0.2) is 49.0 Å². The molecule has 190 valence electrons. The van der Waals surface area contributed by atoms with E-state index in [4.69, 9.17) is 16.1 Å². The van der Waals surface area contributed by atoms with Crippen molar-refractivity contribution in [1.82, 2.24) is 9.88 Å². The van der Waals surface area contributed by atoms with Gasteiger partial charge in [-0.3, -0.25) is 4.99 Å². The highest BCUT2D eigenvalue weighted by atomic mass is 15.0. The first-order valence-corrected chi connectivity index (χ1v) is 12.9. The van der Waals surface area contributed by atoms with Gasteiger partial charge >= 0.3 is 0 Å². The summed E-state index contributed by atoms with van der Waals surface area (Å²) >= 11 is 0. The van der Waals surface area contributed by atoms with Crippen LogP contribution in [-0.2, 0) is 0 Å². The Morgan fingerprint density at radius 1 is 1.17 bits per heavy atom. The Bertz CT molecular complexity index is 1150. The molecule has 0 amide bonds. The third kappa shape index (κ3) is 7.11. The Balaban J connectivity index is 2.05. The third-order valence-corrected chi connectivity index (χ3v) is 6.68. The minimum atomic E-state index is 0.307. The number of benzene rings is 1. The fraction of sp³-hybridized carbons (Fsp3) is 0.387. The minimum absolute atomic E-state index is 0.307. The maximum atomic E-state index is 9.10. The molecule has 1 aliphatic carbocycles. The van der Waals surface area contributed by atoms with Gasteiger partial charge in [0.15, 0.2) is 0 Å². The summed E-state index contributed by atoms with van der Waals surface area (Å²) in [6.45, 7) is 6.11. The van der Waals surface area contributed by atoms with Crippen LogP contribution in [0.25, 0.3) is 22.4 Å². The Morgan fingerprint density at radius 2 is 1.92 bits per heavy atom. The number of nitrogens with one attached hydrogen (secondary N) is 1. The normalized spacial score (nSPS) is 18.9. The van der Waals surface area contributed by atoms with Gasteiger partial charge in [0.2, 0.25) is 0 Å². The molecule has 1 heterocycles. The lowest BCUT2D eigenvalue weighted by atomic mass is 9.82. The zero-order chi connectivity index (χ0) is 26.1. The molecule has 1 aromatic carbocycles. The van der Waals surface area contributed by atoms with Crippen LogP contribution >= 0.6 is 0 Å². The van der Waals surface area contributed by atoms with Crippen molar-refractivity contribution in [2.45, 2.75) is 51.5 Å². The van der Waals surface area contributed by atoms with E-state index in [1.54, 1.807) is 7.05 Å². The van der Waals surface area contributed by atoms with E-state index in [9.17, 15) is 0 Å². The quantitative estimate of drug-likeness (QED) is 0.295. The molecule has 2 aromatic rings. The molecule has 0 aliphatic heterocycles. The van der Waals surface area contributed by atoms with E-state index in [0.717, 1.165) is 77.7 Å². The van der Waals surface area contributed by atoms with Gasteiger partial charge in [-0.25, -0.2) is 4.98 Å². The zero-order valence-corrected chi connectivity index (χ0v) is 22.3. The molecule has 1 fully saturated rings. The van der Waals surface area contributed by atoms with E-state index in [1.807, 2.05) is 31.3 Å². The van der Waals surface area contributed by atoms with Gasteiger partial charge in [-0.05, 0) is 79.4 Å². The summed E-state index contributed by atoms with van der Waals surface area (Å²) in [4.78, 5) is 11.4. The smallest absolute Gasteiger partial charge is 0.0923 e. The van der Waals surface area contributed by atoms with Gasteiger partial charge in [-0.2, -0.15) is 0 Å². The monoisotopic (exact) mass is 483 g/mol. The highest BCUT2D eigenvalue weighted by Gasteiger charge is 2.22. The standard InChI is InChI=1S/C31H41N5/c1-6-9-26(20-34-3)28-16-17-30(25-11-8-10-24(19-25)23(7-2)21-36(4)5)35-31(28)29(33)18-22-12-14-27(32)15-13-22/h7-11,16-17,19-22,27,33H,2,6,12-15,18,32H2,1,3-5H3/b23-21+,26-9+,33-29?,34-20-. The maximum Gasteiger partial charge on any atom is 0.0923 e. The SMILES string of the molecule is C=C/C(=C\N(C)C)c1cccc(-c2ccc(C(/C=N\C)=C/CC)c(C(=N)CC3CCC(N)CC3)n2)c1.